The van der Waals surface area contributed by atoms with Crippen molar-refractivity contribution >= 4 is 23.2 Å². The topological polar surface area (TPSA) is 79.7 Å². The van der Waals surface area contributed by atoms with Gasteiger partial charge in [-0.15, -0.1) is 11.3 Å². The number of ether oxygens (including phenoxy) is 1. The molecule has 1 aromatic rings. The van der Waals surface area contributed by atoms with Crippen molar-refractivity contribution in [3.63, 3.8) is 0 Å². The molecule has 1 rings (SSSR count). The van der Waals surface area contributed by atoms with Crippen LogP contribution in [0.25, 0.3) is 0 Å². The van der Waals surface area contributed by atoms with Crippen molar-refractivity contribution in [3.05, 3.63) is 15.6 Å². The van der Waals surface area contributed by atoms with Crippen LogP contribution in [0.3, 0.4) is 0 Å². The van der Waals surface area contributed by atoms with Gasteiger partial charge in [-0.25, -0.2) is 4.98 Å². The van der Waals surface area contributed by atoms with E-state index in [2.05, 4.69) is 4.98 Å². The molecule has 1 unspecified atom stereocenters. The number of nitrogens with zero attached hydrogens (tertiary/aromatic N) is 2. The molecule has 1 atom stereocenters. The first-order valence-corrected chi connectivity index (χ1v) is 7.20. The van der Waals surface area contributed by atoms with E-state index in [1.807, 2.05) is 13.8 Å². The molecular weight excluding hydrogens is 280 g/mol. The van der Waals surface area contributed by atoms with Crippen molar-refractivity contribution in [2.45, 2.75) is 39.8 Å². The first-order chi connectivity index (χ1) is 9.40. The molecule has 0 saturated heterocycles. The van der Waals surface area contributed by atoms with Crippen LogP contribution in [-0.2, 0) is 16.1 Å². The Labute approximate surface area is 122 Å². The average molecular weight is 300 g/mol. The van der Waals surface area contributed by atoms with Gasteiger partial charge in [0.1, 0.15) is 16.4 Å². The van der Waals surface area contributed by atoms with E-state index in [0.717, 1.165) is 0 Å². The van der Waals surface area contributed by atoms with Gasteiger partial charge in [-0.05, 0) is 20.3 Å². The van der Waals surface area contributed by atoms with Gasteiger partial charge in [0.15, 0.2) is 0 Å². The second kappa shape index (κ2) is 7.35. The Morgan fingerprint density at radius 1 is 1.50 bits per heavy atom. The number of carbonyl (C=O) groups excluding carboxylic acids is 1. The molecule has 0 saturated carbocycles. The SMILES string of the molecule is CCC(C)N(CC(=O)O)C(=O)c1sc(COC)nc1C. The van der Waals surface area contributed by atoms with Gasteiger partial charge in [-0.3, -0.25) is 9.59 Å². The van der Waals surface area contributed by atoms with E-state index >= 15 is 0 Å². The van der Waals surface area contributed by atoms with Crippen molar-refractivity contribution in [2.24, 2.45) is 0 Å². The Kier molecular flexibility index (Phi) is 6.09. The van der Waals surface area contributed by atoms with Crippen LogP contribution in [0.4, 0.5) is 0 Å². The predicted molar refractivity (Wildman–Crippen MR) is 76.0 cm³/mol. The molecule has 1 aromatic heterocycles. The zero-order chi connectivity index (χ0) is 15.3. The summed E-state index contributed by atoms with van der Waals surface area (Å²) >= 11 is 1.26. The summed E-state index contributed by atoms with van der Waals surface area (Å²) < 4.78 is 5.00. The second-order valence-corrected chi connectivity index (χ2v) is 5.62. The van der Waals surface area contributed by atoms with E-state index in [1.165, 1.54) is 16.2 Å². The summed E-state index contributed by atoms with van der Waals surface area (Å²) in [4.78, 5) is 29.6. The normalized spacial score (nSPS) is 12.2. The number of amides is 1. The van der Waals surface area contributed by atoms with Crippen LogP contribution in [-0.4, -0.2) is 46.6 Å². The minimum Gasteiger partial charge on any atom is -0.480 e. The summed E-state index contributed by atoms with van der Waals surface area (Å²) in [6, 6.07) is -0.133. The van der Waals surface area contributed by atoms with Crippen molar-refractivity contribution in [1.82, 2.24) is 9.88 Å². The van der Waals surface area contributed by atoms with Crippen LogP contribution in [0.15, 0.2) is 0 Å². The fourth-order valence-corrected chi connectivity index (χ4v) is 2.75. The maximum atomic E-state index is 12.5. The van der Waals surface area contributed by atoms with Crippen molar-refractivity contribution in [2.75, 3.05) is 13.7 Å². The third kappa shape index (κ3) is 4.01. The number of carbonyl (C=O) groups is 2. The van der Waals surface area contributed by atoms with Crippen LogP contribution in [0.2, 0.25) is 0 Å². The fraction of sp³-hybridized carbons (Fsp3) is 0.615. The maximum Gasteiger partial charge on any atom is 0.323 e. The van der Waals surface area contributed by atoms with E-state index in [-0.39, 0.29) is 18.5 Å². The molecule has 0 fully saturated rings. The molecule has 1 N–H and O–H groups in total. The number of hydrogen-bond acceptors (Lipinski definition) is 5. The highest BCUT2D eigenvalue weighted by Gasteiger charge is 2.26. The molecule has 0 aromatic carbocycles. The van der Waals surface area contributed by atoms with E-state index in [4.69, 9.17) is 9.84 Å². The third-order valence-electron chi connectivity index (χ3n) is 2.99. The molecular formula is C13H20N2O4S. The van der Waals surface area contributed by atoms with Gasteiger partial charge in [-0.2, -0.15) is 0 Å². The number of hydrogen-bond donors (Lipinski definition) is 1. The molecule has 0 spiro atoms. The lowest BCUT2D eigenvalue weighted by Crippen LogP contribution is -2.41. The largest absolute Gasteiger partial charge is 0.480 e. The van der Waals surface area contributed by atoms with Crippen molar-refractivity contribution < 1.29 is 19.4 Å². The lowest BCUT2D eigenvalue weighted by atomic mass is 10.2. The number of methoxy groups -OCH3 is 1. The molecule has 7 heteroatoms. The molecule has 112 valence electrons. The van der Waals surface area contributed by atoms with Gasteiger partial charge in [-0.1, -0.05) is 6.92 Å². The molecule has 1 amide bonds. The molecule has 0 bridgehead atoms. The number of aryl methyl sites for hydroxylation is 1. The number of carboxylic acids is 1. The van der Waals surface area contributed by atoms with Crippen LogP contribution in [0.1, 0.15) is 40.6 Å². The Bertz CT molecular complexity index is 487. The number of aliphatic carboxylic acids is 1. The Balaban J connectivity index is 3.02. The molecule has 20 heavy (non-hydrogen) atoms. The summed E-state index contributed by atoms with van der Waals surface area (Å²) in [6.07, 6.45) is 0.696. The molecule has 0 radical (unpaired) electrons. The Morgan fingerprint density at radius 2 is 2.15 bits per heavy atom. The average Bonchev–Trinajstić information content (AvgIpc) is 2.75. The third-order valence-corrected chi connectivity index (χ3v) is 4.11. The summed E-state index contributed by atoms with van der Waals surface area (Å²) in [7, 11) is 1.56. The van der Waals surface area contributed by atoms with Gasteiger partial charge in [0.05, 0.1) is 12.3 Å². The monoisotopic (exact) mass is 300 g/mol. The molecule has 6 nitrogen and oxygen atoms in total. The minimum absolute atomic E-state index is 0.133. The molecule has 0 aliphatic rings. The quantitative estimate of drug-likeness (QED) is 0.832. The van der Waals surface area contributed by atoms with E-state index in [9.17, 15) is 9.59 Å². The van der Waals surface area contributed by atoms with Crippen molar-refractivity contribution in [1.29, 1.82) is 0 Å². The first-order valence-electron chi connectivity index (χ1n) is 6.38. The van der Waals surface area contributed by atoms with Crippen LogP contribution >= 0.6 is 11.3 Å². The van der Waals surface area contributed by atoms with Gasteiger partial charge in [0.2, 0.25) is 0 Å². The highest BCUT2D eigenvalue weighted by molar-refractivity contribution is 7.13. The zero-order valence-corrected chi connectivity index (χ0v) is 13.0. The number of rotatable bonds is 7. The van der Waals surface area contributed by atoms with Gasteiger partial charge >= 0.3 is 5.97 Å². The maximum absolute atomic E-state index is 12.5. The van der Waals surface area contributed by atoms with Gasteiger partial charge in [0, 0.05) is 13.2 Å². The van der Waals surface area contributed by atoms with Crippen LogP contribution in [0, 0.1) is 6.92 Å². The Hall–Kier alpha value is -1.47. The molecule has 0 aliphatic carbocycles. The zero-order valence-electron chi connectivity index (χ0n) is 12.2. The van der Waals surface area contributed by atoms with Gasteiger partial charge in [0.25, 0.3) is 5.91 Å². The lowest BCUT2D eigenvalue weighted by Gasteiger charge is -2.26. The van der Waals surface area contributed by atoms with Crippen LogP contribution < -0.4 is 0 Å². The summed E-state index contributed by atoms with van der Waals surface area (Å²) in [5.74, 6) is -1.29. The van der Waals surface area contributed by atoms with Crippen molar-refractivity contribution in [3.8, 4) is 0 Å². The lowest BCUT2D eigenvalue weighted by molar-refractivity contribution is -0.138. The highest BCUT2D eigenvalue weighted by atomic mass is 32.1. The molecule has 1 heterocycles. The summed E-state index contributed by atoms with van der Waals surface area (Å²) in [6.45, 7) is 5.56. The Morgan fingerprint density at radius 3 is 2.65 bits per heavy atom. The smallest absolute Gasteiger partial charge is 0.323 e. The molecule has 0 aliphatic heterocycles. The number of thiazole rings is 1. The van der Waals surface area contributed by atoms with Crippen LogP contribution in [0.5, 0.6) is 0 Å². The van der Waals surface area contributed by atoms with Gasteiger partial charge < -0.3 is 14.7 Å². The van der Waals surface area contributed by atoms with E-state index in [1.54, 1.807) is 14.0 Å². The number of aromatic nitrogens is 1. The summed E-state index contributed by atoms with van der Waals surface area (Å²) in [5, 5.41) is 9.67. The minimum atomic E-state index is -1.02. The number of carboxylic acid groups (broad SMARTS) is 1. The van der Waals surface area contributed by atoms with E-state index < -0.39 is 5.97 Å². The predicted octanol–water partition coefficient (Wildman–Crippen LogP) is 1.92. The fourth-order valence-electron chi connectivity index (χ4n) is 1.76. The highest BCUT2D eigenvalue weighted by Crippen LogP contribution is 2.22. The standard InChI is InChI=1S/C13H20N2O4S/c1-5-8(2)15(6-11(16)17)13(18)12-9(3)14-10(20-12)7-19-4/h8H,5-7H2,1-4H3,(H,16,17). The summed E-state index contributed by atoms with van der Waals surface area (Å²) in [5.41, 5.74) is 0.616. The first kappa shape index (κ1) is 16.6. The second-order valence-electron chi connectivity index (χ2n) is 4.54. The van der Waals surface area contributed by atoms with E-state index in [0.29, 0.717) is 28.6 Å².